The van der Waals surface area contributed by atoms with Crippen LogP contribution in [-0.2, 0) is 10.0 Å². The first-order valence-electron chi connectivity index (χ1n) is 5.84. The van der Waals surface area contributed by atoms with E-state index in [1.165, 1.54) is 18.2 Å². The summed E-state index contributed by atoms with van der Waals surface area (Å²) < 4.78 is 22.6. The number of nitrogens with two attached hydrogens (primary N) is 1. The standard InChI is InChI=1S/C12H19ClN2O2S/c1-4-11(8(2)3)15-12-7-9(18(14,16)17)5-6-10(12)13/h5-8,11,15H,4H2,1-3H3,(H2,14,16,17). The van der Waals surface area contributed by atoms with E-state index in [1.807, 2.05) is 0 Å². The Kier molecular flexibility index (Phi) is 5.01. The summed E-state index contributed by atoms with van der Waals surface area (Å²) in [5.41, 5.74) is 0.601. The average Bonchev–Trinajstić information content (AvgIpc) is 2.25. The molecule has 0 aliphatic carbocycles. The summed E-state index contributed by atoms with van der Waals surface area (Å²) in [4.78, 5) is 0.0630. The van der Waals surface area contributed by atoms with E-state index in [2.05, 4.69) is 26.1 Å². The summed E-state index contributed by atoms with van der Waals surface area (Å²) in [6.07, 6.45) is 0.924. The smallest absolute Gasteiger partial charge is 0.238 e. The van der Waals surface area contributed by atoms with Crippen molar-refractivity contribution in [3.8, 4) is 0 Å². The van der Waals surface area contributed by atoms with Crippen molar-refractivity contribution in [2.24, 2.45) is 11.1 Å². The first-order chi connectivity index (χ1) is 8.25. The molecule has 1 unspecified atom stereocenters. The summed E-state index contributed by atoms with van der Waals surface area (Å²) in [5.74, 6) is 0.421. The molecule has 4 nitrogen and oxygen atoms in total. The Morgan fingerprint density at radius 3 is 2.44 bits per heavy atom. The summed E-state index contributed by atoms with van der Waals surface area (Å²) >= 11 is 6.05. The molecule has 0 saturated carbocycles. The van der Waals surface area contributed by atoms with Crippen LogP contribution in [0, 0.1) is 5.92 Å². The quantitative estimate of drug-likeness (QED) is 0.876. The fraction of sp³-hybridized carbons (Fsp3) is 0.500. The summed E-state index contributed by atoms with van der Waals surface area (Å²) in [6, 6.07) is 4.65. The van der Waals surface area contributed by atoms with Gasteiger partial charge in [0.15, 0.2) is 0 Å². The molecule has 18 heavy (non-hydrogen) atoms. The van der Waals surface area contributed by atoms with Gasteiger partial charge in [-0.3, -0.25) is 0 Å². The molecule has 102 valence electrons. The number of anilines is 1. The largest absolute Gasteiger partial charge is 0.381 e. The summed E-state index contributed by atoms with van der Waals surface area (Å²) in [6.45, 7) is 6.26. The topological polar surface area (TPSA) is 72.2 Å². The maximum absolute atomic E-state index is 11.3. The molecule has 0 aromatic heterocycles. The van der Waals surface area contributed by atoms with Gasteiger partial charge in [0.25, 0.3) is 0 Å². The highest BCUT2D eigenvalue weighted by Gasteiger charge is 2.15. The van der Waals surface area contributed by atoms with E-state index in [1.54, 1.807) is 0 Å². The number of nitrogens with one attached hydrogen (secondary N) is 1. The van der Waals surface area contributed by atoms with Crippen molar-refractivity contribution in [1.29, 1.82) is 0 Å². The maximum Gasteiger partial charge on any atom is 0.238 e. The van der Waals surface area contributed by atoms with E-state index in [0.717, 1.165) is 6.42 Å². The third-order valence-corrected chi connectivity index (χ3v) is 4.09. The summed E-state index contributed by atoms with van der Waals surface area (Å²) in [7, 11) is -3.70. The number of sulfonamides is 1. The van der Waals surface area contributed by atoms with Gasteiger partial charge < -0.3 is 5.32 Å². The van der Waals surface area contributed by atoms with Gasteiger partial charge in [-0.2, -0.15) is 0 Å². The van der Waals surface area contributed by atoms with E-state index in [-0.39, 0.29) is 10.9 Å². The van der Waals surface area contributed by atoms with Crippen molar-refractivity contribution in [2.45, 2.75) is 38.1 Å². The van der Waals surface area contributed by atoms with Gasteiger partial charge in [0, 0.05) is 6.04 Å². The van der Waals surface area contributed by atoms with Gasteiger partial charge in [-0.05, 0) is 30.5 Å². The van der Waals surface area contributed by atoms with Gasteiger partial charge in [0.2, 0.25) is 10.0 Å². The molecular weight excluding hydrogens is 272 g/mol. The highest BCUT2D eigenvalue weighted by molar-refractivity contribution is 7.89. The Morgan fingerprint density at radius 2 is 2.00 bits per heavy atom. The lowest BCUT2D eigenvalue weighted by atomic mass is 10.0. The van der Waals surface area contributed by atoms with Crippen LogP contribution < -0.4 is 10.5 Å². The van der Waals surface area contributed by atoms with Crippen molar-refractivity contribution in [2.75, 3.05) is 5.32 Å². The molecule has 1 aromatic carbocycles. The van der Waals surface area contributed by atoms with Crippen LogP contribution in [0.3, 0.4) is 0 Å². The molecule has 0 radical (unpaired) electrons. The van der Waals surface area contributed by atoms with Gasteiger partial charge in [0.05, 0.1) is 15.6 Å². The normalized spacial score (nSPS) is 13.7. The molecule has 0 heterocycles. The van der Waals surface area contributed by atoms with Gasteiger partial charge in [0.1, 0.15) is 0 Å². The molecule has 1 rings (SSSR count). The third kappa shape index (κ3) is 3.86. The van der Waals surface area contributed by atoms with Crippen LogP contribution in [0.1, 0.15) is 27.2 Å². The number of hydrogen-bond donors (Lipinski definition) is 2. The predicted molar refractivity (Wildman–Crippen MR) is 75.4 cm³/mol. The molecule has 3 N–H and O–H groups in total. The van der Waals surface area contributed by atoms with Crippen molar-refractivity contribution in [1.82, 2.24) is 0 Å². The van der Waals surface area contributed by atoms with Gasteiger partial charge in [-0.15, -0.1) is 0 Å². The molecule has 0 fully saturated rings. The van der Waals surface area contributed by atoms with Crippen LogP contribution in [0.4, 0.5) is 5.69 Å². The van der Waals surface area contributed by atoms with Crippen LogP contribution >= 0.6 is 11.6 Å². The zero-order valence-electron chi connectivity index (χ0n) is 10.8. The molecule has 1 atom stereocenters. The average molecular weight is 291 g/mol. The Morgan fingerprint density at radius 1 is 1.39 bits per heavy atom. The zero-order valence-corrected chi connectivity index (χ0v) is 12.3. The second kappa shape index (κ2) is 5.91. The number of rotatable bonds is 5. The lowest BCUT2D eigenvalue weighted by Gasteiger charge is -2.23. The Bertz CT molecular complexity index is 515. The number of primary sulfonamides is 1. The second-order valence-electron chi connectivity index (χ2n) is 4.59. The highest BCUT2D eigenvalue weighted by atomic mass is 35.5. The molecule has 1 aromatic rings. The minimum atomic E-state index is -3.70. The van der Waals surface area contributed by atoms with Gasteiger partial charge >= 0.3 is 0 Å². The van der Waals surface area contributed by atoms with Crippen molar-refractivity contribution in [3.05, 3.63) is 23.2 Å². The monoisotopic (exact) mass is 290 g/mol. The second-order valence-corrected chi connectivity index (χ2v) is 6.56. The fourth-order valence-electron chi connectivity index (χ4n) is 1.73. The zero-order chi connectivity index (χ0) is 13.9. The van der Waals surface area contributed by atoms with Gasteiger partial charge in [-0.25, -0.2) is 13.6 Å². The fourth-order valence-corrected chi connectivity index (χ4v) is 2.44. The van der Waals surface area contributed by atoms with Gasteiger partial charge in [-0.1, -0.05) is 32.4 Å². The Labute approximate surface area is 114 Å². The highest BCUT2D eigenvalue weighted by Crippen LogP contribution is 2.27. The predicted octanol–water partition coefficient (Wildman–Crippen LogP) is 2.83. The van der Waals surface area contributed by atoms with Crippen molar-refractivity contribution in [3.63, 3.8) is 0 Å². The number of hydrogen-bond acceptors (Lipinski definition) is 3. The Balaban J connectivity index is 3.09. The molecular formula is C12H19ClN2O2S. The minimum absolute atomic E-state index is 0.0630. The lowest BCUT2D eigenvalue weighted by molar-refractivity contribution is 0.511. The van der Waals surface area contributed by atoms with Crippen LogP contribution in [0.25, 0.3) is 0 Å². The summed E-state index contributed by atoms with van der Waals surface area (Å²) in [5, 5.41) is 8.84. The molecule has 0 amide bonds. The first kappa shape index (κ1) is 15.3. The van der Waals surface area contributed by atoms with Crippen molar-refractivity contribution >= 4 is 27.3 Å². The van der Waals surface area contributed by atoms with Crippen LogP contribution in [0.2, 0.25) is 5.02 Å². The third-order valence-electron chi connectivity index (χ3n) is 2.85. The first-order valence-corrected chi connectivity index (χ1v) is 7.77. The molecule has 0 saturated heterocycles. The number of benzene rings is 1. The molecule has 0 bridgehead atoms. The van der Waals surface area contributed by atoms with E-state index >= 15 is 0 Å². The Hall–Kier alpha value is -0.780. The van der Waals surface area contributed by atoms with Crippen molar-refractivity contribution < 1.29 is 8.42 Å². The van der Waals surface area contributed by atoms with E-state index < -0.39 is 10.0 Å². The molecule has 6 heteroatoms. The minimum Gasteiger partial charge on any atom is -0.381 e. The van der Waals surface area contributed by atoms with Crippen LogP contribution in [-0.4, -0.2) is 14.5 Å². The van der Waals surface area contributed by atoms with E-state index in [9.17, 15) is 8.42 Å². The lowest BCUT2D eigenvalue weighted by Crippen LogP contribution is -2.25. The molecule has 0 spiro atoms. The van der Waals surface area contributed by atoms with Crippen LogP contribution in [0.5, 0.6) is 0 Å². The van der Waals surface area contributed by atoms with E-state index in [0.29, 0.717) is 16.6 Å². The maximum atomic E-state index is 11.3. The van der Waals surface area contributed by atoms with Crippen LogP contribution in [0.15, 0.2) is 23.1 Å². The van der Waals surface area contributed by atoms with E-state index in [4.69, 9.17) is 16.7 Å². The SMILES string of the molecule is CCC(Nc1cc(S(N)(=O)=O)ccc1Cl)C(C)C. The molecule has 0 aliphatic heterocycles. The molecule has 0 aliphatic rings. The number of halogens is 1.